The number of hydrogen-bond acceptors (Lipinski definition) is 3. The second-order valence-corrected chi connectivity index (χ2v) is 5.63. The normalized spacial score (nSPS) is 16.7. The van der Waals surface area contributed by atoms with Crippen molar-refractivity contribution in [3.8, 4) is 0 Å². The van der Waals surface area contributed by atoms with Gasteiger partial charge in [-0.25, -0.2) is 4.39 Å². The Hall–Kier alpha value is -1.14. The summed E-state index contributed by atoms with van der Waals surface area (Å²) in [6.45, 7) is 1.37. The van der Waals surface area contributed by atoms with Crippen LogP contribution in [0.1, 0.15) is 23.2 Å². The average molecular weight is 331 g/mol. The number of halogens is 2. The van der Waals surface area contributed by atoms with E-state index in [9.17, 15) is 9.18 Å². The third-order valence-electron chi connectivity index (χ3n) is 3.48. The van der Waals surface area contributed by atoms with Gasteiger partial charge in [0.25, 0.3) is 5.91 Å². The Balaban J connectivity index is 2.14. The number of aliphatic hydroxyl groups excluding tert-OH is 1. The van der Waals surface area contributed by atoms with Crippen molar-refractivity contribution in [1.82, 2.24) is 4.90 Å². The number of nitrogens with two attached hydrogens (primary N) is 1. The summed E-state index contributed by atoms with van der Waals surface area (Å²) in [5.74, 6) is -0.428. The van der Waals surface area contributed by atoms with Gasteiger partial charge in [-0.15, -0.1) is 0 Å². The number of carbonyl (C=O) groups is 1. The molecule has 1 fully saturated rings. The van der Waals surface area contributed by atoms with Gasteiger partial charge >= 0.3 is 0 Å². The first kappa shape index (κ1) is 14.3. The molecule has 6 heteroatoms. The maximum atomic E-state index is 13.3. The third-order valence-corrected chi connectivity index (χ3v) is 4.13. The van der Waals surface area contributed by atoms with Gasteiger partial charge in [0.1, 0.15) is 5.82 Å². The zero-order valence-corrected chi connectivity index (χ0v) is 12.0. The van der Waals surface area contributed by atoms with E-state index in [0.29, 0.717) is 23.1 Å². The van der Waals surface area contributed by atoms with Crippen LogP contribution in [0.15, 0.2) is 16.6 Å². The molecule has 1 aliphatic heterocycles. The van der Waals surface area contributed by atoms with E-state index in [2.05, 4.69) is 15.9 Å². The highest BCUT2D eigenvalue weighted by Gasteiger charge is 2.25. The molecule has 0 bridgehead atoms. The van der Waals surface area contributed by atoms with Gasteiger partial charge < -0.3 is 15.7 Å². The molecule has 0 aliphatic carbocycles. The Labute approximate surface area is 119 Å². The molecule has 1 aliphatic rings. The number of nitrogen functional groups attached to an aromatic ring is 1. The summed E-state index contributed by atoms with van der Waals surface area (Å²) < 4.78 is 13.7. The Bertz CT molecular complexity index is 488. The predicted octanol–water partition coefficient (Wildman–Crippen LogP) is 2.01. The molecule has 1 saturated heterocycles. The van der Waals surface area contributed by atoms with Crippen molar-refractivity contribution in [2.75, 3.05) is 25.4 Å². The first-order chi connectivity index (χ1) is 9.02. The quantitative estimate of drug-likeness (QED) is 0.815. The molecule has 0 aromatic heterocycles. The van der Waals surface area contributed by atoms with Crippen LogP contribution in [-0.4, -0.2) is 35.6 Å². The molecule has 0 radical (unpaired) electrons. The number of nitrogens with zero attached hydrogens (tertiary/aromatic N) is 1. The number of amides is 1. The SMILES string of the molecule is Nc1cc(C(=O)N2CCC(CO)CC2)c(Br)cc1F. The first-order valence-electron chi connectivity index (χ1n) is 6.17. The maximum Gasteiger partial charge on any atom is 0.255 e. The van der Waals surface area contributed by atoms with Crippen LogP contribution in [0.4, 0.5) is 10.1 Å². The molecule has 104 valence electrons. The van der Waals surface area contributed by atoms with Gasteiger partial charge in [-0.1, -0.05) is 0 Å². The van der Waals surface area contributed by atoms with E-state index in [4.69, 9.17) is 10.8 Å². The van der Waals surface area contributed by atoms with Crippen LogP contribution >= 0.6 is 15.9 Å². The van der Waals surface area contributed by atoms with E-state index in [0.717, 1.165) is 12.8 Å². The largest absolute Gasteiger partial charge is 0.396 e. The van der Waals surface area contributed by atoms with Crippen molar-refractivity contribution in [3.05, 3.63) is 28.0 Å². The van der Waals surface area contributed by atoms with Crippen LogP contribution in [0.25, 0.3) is 0 Å². The van der Waals surface area contributed by atoms with Gasteiger partial charge in [0.05, 0.1) is 11.3 Å². The number of rotatable bonds is 2. The van der Waals surface area contributed by atoms with Crippen LogP contribution in [0.2, 0.25) is 0 Å². The first-order valence-corrected chi connectivity index (χ1v) is 6.97. The predicted molar refractivity (Wildman–Crippen MR) is 74.2 cm³/mol. The lowest BCUT2D eigenvalue weighted by Crippen LogP contribution is -2.39. The minimum atomic E-state index is -0.539. The zero-order chi connectivity index (χ0) is 14.0. The van der Waals surface area contributed by atoms with E-state index in [-0.39, 0.29) is 24.1 Å². The van der Waals surface area contributed by atoms with Crippen molar-refractivity contribution in [3.63, 3.8) is 0 Å². The van der Waals surface area contributed by atoms with E-state index < -0.39 is 5.82 Å². The van der Waals surface area contributed by atoms with Gasteiger partial charge in [0.15, 0.2) is 0 Å². The third kappa shape index (κ3) is 3.06. The molecule has 1 aromatic carbocycles. The van der Waals surface area contributed by atoms with Crippen LogP contribution < -0.4 is 5.73 Å². The minimum Gasteiger partial charge on any atom is -0.396 e. The van der Waals surface area contributed by atoms with Gasteiger partial charge in [0.2, 0.25) is 0 Å². The molecule has 4 nitrogen and oxygen atoms in total. The van der Waals surface area contributed by atoms with Crippen molar-refractivity contribution in [2.45, 2.75) is 12.8 Å². The second-order valence-electron chi connectivity index (χ2n) is 4.77. The lowest BCUT2D eigenvalue weighted by Gasteiger charge is -2.31. The summed E-state index contributed by atoms with van der Waals surface area (Å²) in [5, 5.41) is 9.07. The van der Waals surface area contributed by atoms with Crippen LogP contribution in [0, 0.1) is 11.7 Å². The monoisotopic (exact) mass is 330 g/mol. The number of carbonyl (C=O) groups excluding carboxylic acids is 1. The molecule has 3 N–H and O–H groups in total. The highest BCUT2D eigenvalue weighted by molar-refractivity contribution is 9.10. The summed E-state index contributed by atoms with van der Waals surface area (Å²) in [5.41, 5.74) is 5.85. The number of anilines is 1. The van der Waals surface area contributed by atoms with Gasteiger partial charge in [-0.3, -0.25) is 4.79 Å². The number of benzene rings is 1. The molecule has 0 saturated carbocycles. The summed E-state index contributed by atoms with van der Waals surface area (Å²) in [6.07, 6.45) is 1.58. The van der Waals surface area contributed by atoms with Crippen LogP contribution in [0.3, 0.4) is 0 Å². The summed E-state index contributed by atoms with van der Waals surface area (Å²) in [7, 11) is 0. The van der Waals surface area contributed by atoms with E-state index >= 15 is 0 Å². The molecule has 2 rings (SSSR count). The molecule has 19 heavy (non-hydrogen) atoms. The van der Waals surface area contributed by atoms with Gasteiger partial charge in [0, 0.05) is 24.2 Å². The molecular weight excluding hydrogens is 315 g/mol. The van der Waals surface area contributed by atoms with E-state index in [1.807, 2.05) is 0 Å². The van der Waals surface area contributed by atoms with Crippen molar-refractivity contribution >= 4 is 27.5 Å². The van der Waals surface area contributed by atoms with Crippen molar-refractivity contribution in [2.24, 2.45) is 5.92 Å². The zero-order valence-electron chi connectivity index (χ0n) is 10.4. The Kier molecular flexibility index (Phi) is 4.42. The fourth-order valence-corrected chi connectivity index (χ4v) is 2.70. The highest BCUT2D eigenvalue weighted by atomic mass is 79.9. The fraction of sp³-hybridized carbons (Fsp3) is 0.462. The lowest BCUT2D eigenvalue weighted by atomic mass is 9.97. The highest BCUT2D eigenvalue weighted by Crippen LogP contribution is 2.26. The molecule has 0 unspecified atom stereocenters. The number of hydrogen-bond donors (Lipinski definition) is 2. The summed E-state index contributed by atoms with van der Waals surface area (Å²) >= 11 is 3.19. The molecule has 1 heterocycles. The second kappa shape index (κ2) is 5.88. The lowest BCUT2D eigenvalue weighted by molar-refractivity contribution is 0.0650. The Morgan fingerprint density at radius 2 is 2.11 bits per heavy atom. The van der Waals surface area contributed by atoms with Gasteiger partial charge in [-0.05, 0) is 46.8 Å². The fourth-order valence-electron chi connectivity index (χ4n) is 2.22. The molecular formula is C13H16BrFN2O2. The average Bonchev–Trinajstić information content (AvgIpc) is 2.42. The van der Waals surface area contributed by atoms with E-state index in [1.165, 1.54) is 12.1 Å². The minimum absolute atomic E-state index is 0.0307. The Morgan fingerprint density at radius 1 is 1.47 bits per heavy atom. The van der Waals surface area contributed by atoms with Gasteiger partial charge in [-0.2, -0.15) is 0 Å². The molecule has 0 atom stereocenters. The number of aliphatic hydroxyl groups is 1. The molecule has 1 amide bonds. The maximum absolute atomic E-state index is 13.3. The van der Waals surface area contributed by atoms with Crippen molar-refractivity contribution < 1.29 is 14.3 Å². The Morgan fingerprint density at radius 3 is 2.68 bits per heavy atom. The standard InChI is InChI=1S/C13H16BrFN2O2/c14-10-6-11(15)12(16)5-9(10)13(19)17-3-1-8(7-18)2-4-17/h5-6,8,18H,1-4,7,16H2. The molecule has 1 aromatic rings. The summed E-state index contributed by atoms with van der Waals surface area (Å²) in [6, 6.07) is 2.57. The number of likely N-dealkylation sites (tertiary alicyclic amines) is 1. The van der Waals surface area contributed by atoms with Crippen LogP contribution in [-0.2, 0) is 0 Å². The smallest absolute Gasteiger partial charge is 0.255 e. The topological polar surface area (TPSA) is 66.6 Å². The van der Waals surface area contributed by atoms with Crippen molar-refractivity contribution in [1.29, 1.82) is 0 Å². The molecule has 0 spiro atoms. The van der Waals surface area contributed by atoms with Crippen LogP contribution in [0.5, 0.6) is 0 Å². The number of piperidine rings is 1. The van der Waals surface area contributed by atoms with E-state index in [1.54, 1.807) is 4.90 Å². The summed E-state index contributed by atoms with van der Waals surface area (Å²) in [4.78, 5) is 14.0.